The van der Waals surface area contributed by atoms with Crippen molar-refractivity contribution in [1.82, 2.24) is 0 Å². The van der Waals surface area contributed by atoms with Crippen molar-refractivity contribution in [2.45, 2.75) is 12.8 Å². The van der Waals surface area contributed by atoms with Crippen LogP contribution in [-0.4, -0.2) is 32.1 Å². The third kappa shape index (κ3) is 5.35. The van der Waals surface area contributed by atoms with Gasteiger partial charge >= 0.3 is 5.97 Å². The first-order valence-electron chi connectivity index (χ1n) is 9.34. The first-order valence-corrected chi connectivity index (χ1v) is 9.71. The van der Waals surface area contributed by atoms with E-state index in [1.165, 1.54) is 31.4 Å². The average molecular weight is 417 g/mol. The molecule has 2 aromatic carbocycles. The number of carbonyl (C=O) groups is 2. The Morgan fingerprint density at radius 2 is 1.93 bits per heavy atom. The maximum atomic E-state index is 14.3. The van der Waals surface area contributed by atoms with Crippen molar-refractivity contribution in [3.63, 3.8) is 0 Å². The number of carbonyl (C=O) groups excluding carboxylic acids is 2. The number of nitrogens with zero attached hydrogens (tertiary/aromatic N) is 1. The molecule has 29 heavy (non-hydrogen) atoms. The summed E-state index contributed by atoms with van der Waals surface area (Å²) in [6.07, 6.45) is 3.92. The number of esters is 1. The number of piperidine rings is 1. The van der Waals surface area contributed by atoms with Crippen molar-refractivity contribution >= 4 is 40.9 Å². The van der Waals surface area contributed by atoms with Crippen molar-refractivity contribution in [1.29, 1.82) is 0 Å². The number of amides is 1. The largest absolute Gasteiger partial charge is 0.466 e. The summed E-state index contributed by atoms with van der Waals surface area (Å²) in [6, 6.07) is 12.0. The van der Waals surface area contributed by atoms with Crippen molar-refractivity contribution < 1.29 is 18.7 Å². The number of nitrogens with one attached hydrogen (secondary N) is 1. The number of hydrogen-bond donors (Lipinski definition) is 1. The molecule has 1 amide bonds. The Kier molecular flexibility index (Phi) is 6.88. The van der Waals surface area contributed by atoms with Gasteiger partial charge in [-0.3, -0.25) is 4.79 Å². The molecule has 2 aromatic rings. The molecule has 0 aliphatic carbocycles. The molecule has 0 spiro atoms. The Hall–Kier alpha value is -2.86. The molecule has 1 aliphatic heterocycles. The van der Waals surface area contributed by atoms with Crippen molar-refractivity contribution in [2.24, 2.45) is 5.92 Å². The third-order valence-corrected chi connectivity index (χ3v) is 5.17. The van der Waals surface area contributed by atoms with Crippen LogP contribution in [0.4, 0.5) is 15.8 Å². The SMILES string of the molecule is COC(=O)/C=C/c1cccc(F)c1NC(=O)C1CCN(c2cccc(Cl)c2)CC1. The van der Waals surface area contributed by atoms with E-state index in [1.807, 2.05) is 24.3 Å². The highest BCUT2D eigenvalue weighted by atomic mass is 35.5. The minimum Gasteiger partial charge on any atom is -0.466 e. The van der Waals surface area contributed by atoms with Crippen LogP contribution < -0.4 is 10.2 Å². The number of anilines is 2. The number of hydrogen-bond acceptors (Lipinski definition) is 4. The van der Waals surface area contributed by atoms with Crippen molar-refractivity contribution in [2.75, 3.05) is 30.4 Å². The zero-order valence-corrected chi connectivity index (χ0v) is 16.8. The molecule has 1 aliphatic rings. The fraction of sp³-hybridized carbons (Fsp3) is 0.273. The van der Waals surface area contributed by atoms with Gasteiger partial charge in [-0.25, -0.2) is 9.18 Å². The second-order valence-corrected chi connectivity index (χ2v) is 7.23. The highest BCUT2D eigenvalue weighted by Gasteiger charge is 2.26. The van der Waals surface area contributed by atoms with Gasteiger partial charge < -0.3 is 15.0 Å². The predicted molar refractivity (Wildman–Crippen MR) is 112 cm³/mol. The Balaban J connectivity index is 1.66. The van der Waals surface area contributed by atoms with Gasteiger partial charge in [-0.15, -0.1) is 0 Å². The normalized spacial score (nSPS) is 14.8. The van der Waals surface area contributed by atoms with E-state index in [0.717, 1.165) is 5.69 Å². The van der Waals surface area contributed by atoms with Crippen molar-refractivity contribution in [3.8, 4) is 0 Å². The molecule has 0 atom stereocenters. The van der Waals surface area contributed by atoms with Crippen LogP contribution in [0.2, 0.25) is 5.02 Å². The van der Waals surface area contributed by atoms with Gasteiger partial charge in [-0.1, -0.05) is 29.8 Å². The second-order valence-electron chi connectivity index (χ2n) is 6.79. The molecule has 0 aromatic heterocycles. The maximum absolute atomic E-state index is 14.3. The molecule has 3 rings (SSSR count). The molecule has 152 valence electrons. The minimum absolute atomic E-state index is 0.0647. The third-order valence-electron chi connectivity index (χ3n) is 4.93. The van der Waals surface area contributed by atoms with Crippen LogP contribution in [-0.2, 0) is 14.3 Å². The fourth-order valence-electron chi connectivity index (χ4n) is 3.34. The number of methoxy groups -OCH3 is 1. The summed E-state index contributed by atoms with van der Waals surface area (Å²) < 4.78 is 18.9. The van der Waals surface area contributed by atoms with E-state index in [-0.39, 0.29) is 17.5 Å². The molecule has 1 heterocycles. The number of para-hydroxylation sites is 1. The van der Waals surface area contributed by atoms with Gasteiger partial charge in [-0.05, 0) is 43.2 Å². The number of benzene rings is 2. The summed E-state index contributed by atoms with van der Waals surface area (Å²) in [6.45, 7) is 1.43. The van der Waals surface area contributed by atoms with E-state index in [0.29, 0.717) is 36.5 Å². The molecular weight excluding hydrogens is 395 g/mol. The Morgan fingerprint density at radius 1 is 1.21 bits per heavy atom. The fourth-order valence-corrected chi connectivity index (χ4v) is 3.52. The predicted octanol–water partition coefficient (Wildman–Crippen LogP) is 4.52. The van der Waals surface area contributed by atoms with E-state index in [9.17, 15) is 14.0 Å². The molecule has 0 saturated carbocycles. The molecular formula is C22H22ClFN2O3. The first-order chi connectivity index (χ1) is 14.0. The van der Waals surface area contributed by atoms with E-state index in [2.05, 4.69) is 15.0 Å². The lowest BCUT2D eigenvalue weighted by Gasteiger charge is -2.33. The second kappa shape index (κ2) is 9.56. The highest BCUT2D eigenvalue weighted by Crippen LogP contribution is 2.28. The Bertz CT molecular complexity index is 924. The molecule has 5 nitrogen and oxygen atoms in total. The monoisotopic (exact) mass is 416 g/mol. The molecule has 0 bridgehead atoms. The lowest BCUT2D eigenvalue weighted by molar-refractivity contribution is -0.134. The maximum Gasteiger partial charge on any atom is 0.330 e. The summed E-state index contributed by atoms with van der Waals surface area (Å²) in [5, 5.41) is 3.37. The summed E-state index contributed by atoms with van der Waals surface area (Å²) in [4.78, 5) is 26.2. The molecule has 0 unspecified atom stereocenters. The lowest BCUT2D eigenvalue weighted by Crippen LogP contribution is -2.38. The van der Waals surface area contributed by atoms with Gasteiger partial charge in [0.25, 0.3) is 0 Å². The van der Waals surface area contributed by atoms with E-state index < -0.39 is 11.8 Å². The van der Waals surface area contributed by atoms with E-state index >= 15 is 0 Å². The summed E-state index contributed by atoms with van der Waals surface area (Å²) in [5.74, 6) is -1.56. The zero-order chi connectivity index (χ0) is 20.8. The van der Waals surface area contributed by atoms with Gasteiger partial charge in [0, 0.05) is 41.4 Å². The number of rotatable bonds is 5. The van der Waals surface area contributed by atoms with Crippen LogP contribution in [0.25, 0.3) is 6.08 Å². The number of ether oxygens (including phenoxy) is 1. The molecule has 1 N–H and O–H groups in total. The quantitative estimate of drug-likeness (QED) is 0.575. The van der Waals surface area contributed by atoms with Crippen LogP contribution in [0.1, 0.15) is 18.4 Å². The van der Waals surface area contributed by atoms with Gasteiger partial charge in [0.05, 0.1) is 12.8 Å². The summed E-state index contributed by atoms with van der Waals surface area (Å²) in [7, 11) is 1.26. The van der Waals surface area contributed by atoms with Crippen LogP contribution >= 0.6 is 11.6 Å². The standard InChI is InChI=1S/C22H22ClFN2O3/c1-29-20(27)9-8-15-4-2-7-19(24)21(15)25-22(28)16-10-12-26(13-11-16)18-6-3-5-17(23)14-18/h2-9,14,16H,10-13H2,1H3,(H,25,28)/b9-8+. The Morgan fingerprint density at radius 3 is 2.62 bits per heavy atom. The van der Waals surface area contributed by atoms with Crippen LogP contribution in [0.15, 0.2) is 48.5 Å². The van der Waals surface area contributed by atoms with Crippen LogP contribution in [0.5, 0.6) is 0 Å². The molecule has 1 saturated heterocycles. The number of halogens is 2. The first kappa shape index (κ1) is 20.9. The minimum atomic E-state index is -0.556. The van der Waals surface area contributed by atoms with E-state index in [1.54, 1.807) is 6.07 Å². The topological polar surface area (TPSA) is 58.6 Å². The van der Waals surface area contributed by atoms with Gasteiger partial charge in [0.1, 0.15) is 5.82 Å². The summed E-state index contributed by atoms with van der Waals surface area (Å²) >= 11 is 6.06. The van der Waals surface area contributed by atoms with Gasteiger partial charge in [0.2, 0.25) is 5.91 Å². The van der Waals surface area contributed by atoms with Crippen LogP contribution in [0, 0.1) is 11.7 Å². The van der Waals surface area contributed by atoms with Crippen LogP contribution in [0.3, 0.4) is 0 Å². The molecule has 0 radical (unpaired) electrons. The average Bonchev–Trinajstić information content (AvgIpc) is 2.74. The zero-order valence-electron chi connectivity index (χ0n) is 16.0. The van der Waals surface area contributed by atoms with E-state index in [4.69, 9.17) is 11.6 Å². The van der Waals surface area contributed by atoms with Gasteiger partial charge in [-0.2, -0.15) is 0 Å². The summed E-state index contributed by atoms with van der Waals surface area (Å²) in [5.41, 5.74) is 1.50. The lowest BCUT2D eigenvalue weighted by atomic mass is 9.95. The van der Waals surface area contributed by atoms with Gasteiger partial charge in [0.15, 0.2) is 0 Å². The smallest absolute Gasteiger partial charge is 0.330 e. The molecule has 1 fully saturated rings. The molecule has 7 heteroatoms. The van der Waals surface area contributed by atoms with Crippen molar-refractivity contribution in [3.05, 3.63) is 64.9 Å². The Labute approximate surface area is 174 Å². The highest BCUT2D eigenvalue weighted by molar-refractivity contribution is 6.30.